The molecule has 0 spiro atoms. The molecule has 28 heavy (non-hydrogen) atoms. The molecule has 0 unspecified atom stereocenters. The van der Waals surface area contributed by atoms with E-state index in [1.54, 1.807) is 16.4 Å². The van der Waals surface area contributed by atoms with E-state index in [1.807, 2.05) is 36.4 Å². The van der Waals surface area contributed by atoms with Gasteiger partial charge >= 0.3 is 0 Å². The number of para-hydroxylation sites is 2. The highest BCUT2D eigenvalue weighted by molar-refractivity contribution is 7.89. The predicted octanol–water partition coefficient (Wildman–Crippen LogP) is 2.50. The third-order valence-corrected chi connectivity index (χ3v) is 7.80. The summed E-state index contributed by atoms with van der Waals surface area (Å²) in [5.41, 5.74) is 0.903. The Bertz CT molecular complexity index is 978. The Balaban J connectivity index is 1.26. The number of rotatable bonds is 3. The second-order valence-electron chi connectivity index (χ2n) is 7.71. The van der Waals surface area contributed by atoms with Crippen LogP contribution in [0, 0.1) is 0 Å². The lowest BCUT2D eigenvalue weighted by Gasteiger charge is -2.38. The van der Waals surface area contributed by atoms with Gasteiger partial charge < -0.3 is 9.47 Å². The highest BCUT2D eigenvalue weighted by Crippen LogP contribution is 2.35. The van der Waals surface area contributed by atoms with Crippen LogP contribution in [0.4, 0.5) is 0 Å². The van der Waals surface area contributed by atoms with Crippen LogP contribution >= 0.6 is 0 Å². The molecule has 1 saturated heterocycles. The van der Waals surface area contributed by atoms with Gasteiger partial charge in [-0.15, -0.1) is 0 Å². The van der Waals surface area contributed by atoms with E-state index in [1.165, 1.54) is 0 Å². The minimum atomic E-state index is -3.39. The molecule has 3 aliphatic heterocycles. The Hall–Kier alpha value is -2.09. The van der Waals surface area contributed by atoms with E-state index < -0.39 is 10.0 Å². The standard InChI is InChI=1S/C21H24N2O4S/c24-28(25)21-10-4-1-6-16(21)12-23(28)17-7-5-11-22(13-17)14-18-15-26-19-8-2-3-9-20(19)27-18/h1-4,6,8-10,17-18H,5,7,11-15H2/t17-,18-/m0/s1. The van der Waals surface area contributed by atoms with Gasteiger partial charge in [-0.05, 0) is 43.1 Å². The monoisotopic (exact) mass is 400 g/mol. The highest BCUT2D eigenvalue weighted by atomic mass is 32.2. The Labute approximate surface area is 165 Å². The predicted molar refractivity (Wildman–Crippen MR) is 105 cm³/mol. The molecular formula is C21H24N2O4S. The van der Waals surface area contributed by atoms with Crippen molar-refractivity contribution in [2.45, 2.75) is 36.4 Å². The largest absolute Gasteiger partial charge is 0.486 e. The molecule has 6 nitrogen and oxygen atoms in total. The summed E-state index contributed by atoms with van der Waals surface area (Å²) in [5.74, 6) is 1.57. The van der Waals surface area contributed by atoms with Gasteiger partial charge in [-0.1, -0.05) is 30.3 Å². The average Bonchev–Trinajstić information content (AvgIpc) is 2.99. The van der Waals surface area contributed by atoms with Gasteiger partial charge in [0.2, 0.25) is 10.0 Å². The van der Waals surface area contributed by atoms with Crippen LogP contribution in [0.2, 0.25) is 0 Å². The fraction of sp³-hybridized carbons (Fsp3) is 0.429. The number of hydrogen-bond acceptors (Lipinski definition) is 5. The van der Waals surface area contributed by atoms with E-state index >= 15 is 0 Å². The quantitative estimate of drug-likeness (QED) is 0.792. The number of likely N-dealkylation sites (tertiary alicyclic amines) is 1. The molecule has 3 aliphatic rings. The zero-order valence-corrected chi connectivity index (χ0v) is 16.5. The maximum atomic E-state index is 13.0. The Morgan fingerprint density at radius 3 is 2.68 bits per heavy atom. The van der Waals surface area contributed by atoms with Gasteiger partial charge in [0.25, 0.3) is 0 Å². The second-order valence-corrected chi connectivity index (χ2v) is 9.57. The molecule has 148 valence electrons. The number of piperidine rings is 1. The molecule has 2 aromatic carbocycles. The van der Waals surface area contributed by atoms with Gasteiger partial charge in [0.1, 0.15) is 12.7 Å². The lowest BCUT2D eigenvalue weighted by Crippen LogP contribution is -2.51. The Morgan fingerprint density at radius 2 is 1.82 bits per heavy atom. The minimum absolute atomic E-state index is 0.00273. The van der Waals surface area contributed by atoms with E-state index in [4.69, 9.17) is 9.47 Å². The number of benzene rings is 2. The normalized spacial score (nSPS) is 26.7. The molecule has 5 rings (SSSR count). The molecule has 0 bridgehead atoms. The van der Waals surface area contributed by atoms with Crippen LogP contribution in [0.1, 0.15) is 18.4 Å². The van der Waals surface area contributed by atoms with Gasteiger partial charge in [-0.2, -0.15) is 4.31 Å². The molecule has 2 atom stereocenters. The van der Waals surface area contributed by atoms with Gasteiger partial charge in [0.05, 0.1) is 4.90 Å². The van der Waals surface area contributed by atoms with Gasteiger partial charge in [-0.25, -0.2) is 8.42 Å². The van der Waals surface area contributed by atoms with Crippen LogP contribution in [0.3, 0.4) is 0 Å². The molecule has 1 fully saturated rings. The van der Waals surface area contributed by atoms with Crippen molar-refractivity contribution in [2.24, 2.45) is 0 Å². The Morgan fingerprint density at radius 1 is 1.04 bits per heavy atom. The summed E-state index contributed by atoms with van der Waals surface area (Å²) in [4.78, 5) is 2.78. The fourth-order valence-electron chi connectivity index (χ4n) is 4.46. The summed E-state index contributed by atoms with van der Waals surface area (Å²) in [6.07, 6.45) is 1.84. The zero-order chi connectivity index (χ0) is 19.1. The van der Waals surface area contributed by atoms with Crippen molar-refractivity contribution in [3.8, 4) is 11.5 Å². The smallest absolute Gasteiger partial charge is 0.243 e. The van der Waals surface area contributed by atoms with Gasteiger partial charge in [0, 0.05) is 25.7 Å². The molecule has 7 heteroatoms. The summed E-state index contributed by atoms with van der Waals surface area (Å²) < 4.78 is 39.6. The van der Waals surface area contributed by atoms with Crippen molar-refractivity contribution in [2.75, 3.05) is 26.2 Å². The van der Waals surface area contributed by atoms with Crippen molar-refractivity contribution >= 4 is 10.0 Å². The zero-order valence-electron chi connectivity index (χ0n) is 15.7. The third-order valence-electron chi connectivity index (χ3n) is 5.80. The fourth-order valence-corrected chi connectivity index (χ4v) is 6.30. The molecule has 0 N–H and O–H groups in total. The molecular weight excluding hydrogens is 376 g/mol. The van der Waals surface area contributed by atoms with E-state index in [9.17, 15) is 8.42 Å². The van der Waals surface area contributed by atoms with Gasteiger partial charge in [0.15, 0.2) is 11.5 Å². The third kappa shape index (κ3) is 3.17. The van der Waals surface area contributed by atoms with Crippen LogP contribution in [0.5, 0.6) is 11.5 Å². The lowest BCUT2D eigenvalue weighted by atomic mass is 10.0. The van der Waals surface area contributed by atoms with Gasteiger partial charge in [-0.3, -0.25) is 4.90 Å². The first-order chi connectivity index (χ1) is 13.6. The van der Waals surface area contributed by atoms with E-state index in [0.29, 0.717) is 18.0 Å². The molecule has 0 radical (unpaired) electrons. The minimum Gasteiger partial charge on any atom is -0.486 e. The average molecular weight is 401 g/mol. The SMILES string of the molecule is O=S1(=O)c2ccccc2CN1[C@H]1CCCN(C[C@H]2COc3ccccc3O2)C1. The number of nitrogens with zero attached hydrogens (tertiary/aromatic N) is 2. The number of ether oxygens (including phenoxy) is 2. The lowest BCUT2D eigenvalue weighted by molar-refractivity contribution is 0.0426. The van der Waals surface area contributed by atoms with E-state index in [0.717, 1.165) is 49.5 Å². The van der Waals surface area contributed by atoms with Crippen LogP contribution < -0.4 is 9.47 Å². The summed E-state index contributed by atoms with van der Waals surface area (Å²) in [5, 5.41) is 0. The van der Waals surface area contributed by atoms with Crippen LogP contribution in [0.25, 0.3) is 0 Å². The van der Waals surface area contributed by atoms with Crippen molar-refractivity contribution in [3.63, 3.8) is 0 Å². The second kappa shape index (κ2) is 7.06. The van der Waals surface area contributed by atoms with Crippen LogP contribution in [-0.4, -0.2) is 56.0 Å². The maximum Gasteiger partial charge on any atom is 0.243 e. The van der Waals surface area contributed by atoms with Crippen molar-refractivity contribution in [1.82, 2.24) is 9.21 Å². The number of hydrogen-bond donors (Lipinski definition) is 0. The molecule has 0 saturated carbocycles. The summed E-state index contributed by atoms with van der Waals surface area (Å²) in [6.45, 7) is 3.43. The first-order valence-electron chi connectivity index (χ1n) is 9.82. The number of fused-ring (bicyclic) bond motifs is 2. The highest BCUT2D eigenvalue weighted by Gasteiger charge is 2.40. The topological polar surface area (TPSA) is 59.1 Å². The van der Waals surface area contributed by atoms with Crippen molar-refractivity contribution < 1.29 is 17.9 Å². The molecule has 0 amide bonds. The maximum absolute atomic E-state index is 13.0. The molecule has 0 aromatic heterocycles. The summed E-state index contributed by atoms with van der Waals surface area (Å²) in [7, 11) is -3.39. The van der Waals surface area contributed by atoms with E-state index in [-0.39, 0.29) is 12.1 Å². The van der Waals surface area contributed by atoms with Crippen LogP contribution in [0.15, 0.2) is 53.4 Å². The summed E-state index contributed by atoms with van der Waals surface area (Å²) >= 11 is 0. The van der Waals surface area contributed by atoms with Crippen LogP contribution in [-0.2, 0) is 16.6 Å². The molecule has 3 heterocycles. The van der Waals surface area contributed by atoms with Crippen molar-refractivity contribution in [1.29, 1.82) is 0 Å². The Kier molecular flexibility index (Phi) is 4.53. The molecule has 2 aromatic rings. The molecule has 0 aliphatic carbocycles. The van der Waals surface area contributed by atoms with Crippen molar-refractivity contribution in [3.05, 3.63) is 54.1 Å². The van der Waals surface area contributed by atoms with E-state index in [2.05, 4.69) is 4.90 Å². The first kappa shape index (κ1) is 18.0. The number of sulfonamides is 1. The summed E-state index contributed by atoms with van der Waals surface area (Å²) in [6, 6.07) is 15.1. The first-order valence-corrected chi connectivity index (χ1v) is 11.3.